The largest absolute Gasteiger partial charge is 0.370 e. The molecule has 0 fully saturated rings. The summed E-state index contributed by atoms with van der Waals surface area (Å²) < 4.78 is 0. The molecule has 0 aromatic carbocycles. The van der Waals surface area contributed by atoms with E-state index in [2.05, 4.69) is 48.1 Å². The molecule has 108 valence electrons. The van der Waals surface area contributed by atoms with E-state index in [9.17, 15) is 0 Å². The summed E-state index contributed by atoms with van der Waals surface area (Å²) in [6, 6.07) is 0. The van der Waals surface area contributed by atoms with Crippen molar-refractivity contribution in [3.63, 3.8) is 0 Å². The molecule has 0 spiro atoms. The molecule has 1 rings (SSSR count). The molecular formula is C14H25ClN4. The number of nitrogens with zero attached hydrogens (tertiary/aromatic N) is 3. The third-order valence-electron chi connectivity index (χ3n) is 2.94. The number of rotatable bonds is 7. The van der Waals surface area contributed by atoms with Gasteiger partial charge in [-0.15, -0.1) is 0 Å². The predicted octanol–water partition coefficient (Wildman–Crippen LogP) is 3.32. The van der Waals surface area contributed by atoms with Crippen molar-refractivity contribution in [2.45, 2.75) is 39.5 Å². The molecule has 0 aliphatic heterocycles. The van der Waals surface area contributed by atoms with Gasteiger partial charge in [0.2, 0.25) is 0 Å². The lowest BCUT2D eigenvalue weighted by Crippen LogP contribution is -2.15. The SMILES string of the molecule is Cc1c(Cl)nc(C(C)C)nc1NCCCCN(C)C. The molecule has 4 nitrogen and oxygen atoms in total. The number of anilines is 1. The van der Waals surface area contributed by atoms with Gasteiger partial charge in [0, 0.05) is 18.0 Å². The van der Waals surface area contributed by atoms with E-state index in [4.69, 9.17) is 11.6 Å². The number of unbranched alkanes of at least 4 members (excludes halogenated alkanes) is 1. The van der Waals surface area contributed by atoms with Crippen LogP contribution in [0.2, 0.25) is 5.15 Å². The lowest BCUT2D eigenvalue weighted by molar-refractivity contribution is 0.396. The zero-order valence-corrected chi connectivity index (χ0v) is 13.4. The van der Waals surface area contributed by atoms with Crippen LogP contribution in [0.25, 0.3) is 0 Å². The molecule has 0 atom stereocenters. The summed E-state index contributed by atoms with van der Waals surface area (Å²) in [4.78, 5) is 11.1. The second kappa shape index (κ2) is 7.65. The second-order valence-corrected chi connectivity index (χ2v) is 5.80. The number of hydrogen-bond acceptors (Lipinski definition) is 4. The Balaban J connectivity index is 2.57. The third kappa shape index (κ3) is 5.33. The van der Waals surface area contributed by atoms with Crippen molar-refractivity contribution in [2.24, 2.45) is 0 Å². The maximum atomic E-state index is 6.15. The number of halogens is 1. The molecule has 0 radical (unpaired) electrons. The fourth-order valence-corrected chi connectivity index (χ4v) is 1.87. The van der Waals surface area contributed by atoms with Gasteiger partial charge in [-0.25, -0.2) is 9.97 Å². The Morgan fingerprint density at radius 3 is 2.47 bits per heavy atom. The third-order valence-corrected chi connectivity index (χ3v) is 3.31. The van der Waals surface area contributed by atoms with Gasteiger partial charge in [-0.05, 0) is 40.4 Å². The van der Waals surface area contributed by atoms with Crippen molar-refractivity contribution < 1.29 is 0 Å². The van der Waals surface area contributed by atoms with Gasteiger partial charge in [0.15, 0.2) is 0 Å². The lowest BCUT2D eigenvalue weighted by atomic mass is 10.2. The van der Waals surface area contributed by atoms with Gasteiger partial charge in [-0.3, -0.25) is 0 Å². The topological polar surface area (TPSA) is 41.1 Å². The van der Waals surface area contributed by atoms with E-state index in [0.29, 0.717) is 5.15 Å². The first-order valence-electron chi connectivity index (χ1n) is 6.84. The quantitative estimate of drug-likeness (QED) is 0.616. The Labute approximate surface area is 121 Å². The van der Waals surface area contributed by atoms with Gasteiger partial charge in [0.1, 0.15) is 16.8 Å². The highest BCUT2D eigenvalue weighted by Crippen LogP contribution is 2.22. The van der Waals surface area contributed by atoms with E-state index in [1.807, 2.05) is 6.92 Å². The molecule has 1 aromatic rings. The first kappa shape index (κ1) is 16.2. The van der Waals surface area contributed by atoms with E-state index in [0.717, 1.165) is 36.7 Å². The molecular weight excluding hydrogens is 260 g/mol. The van der Waals surface area contributed by atoms with E-state index < -0.39 is 0 Å². The molecule has 0 aliphatic carbocycles. The number of hydrogen-bond donors (Lipinski definition) is 1. The maximum absolute atomic E-state index is 6.15. The number of aromatic nitrogens is 2. The van der Waals surface area contributed by atoms with Crippen LogP contribution < -0.4 is 5.32 Å². The molecule has 0 amide bonds. The van der Waals surface area contributed by atoms with Crippen LogP contribution in [0, 0.1) is 6.92 Å². The molecule has 0 saturated heterocycles. The highest BCUT2D eigenvalue weighted by atomic mass is 35.5. The Hall–Kier alpha value is -0.870. The highest BCUT2D eigenvalue weighted by molar-refractivity contribution is 6.30. The van der Waals surface area contributed by atoms with E-state index in [1.165, 1.54) is 6.42 Å². The standard InChI is InChI=1S/C14H25ClN4/c1-10(2)13-17-12(15)11(3)14(18-13)16-8-6-7-9-19(4)5/h10H,6-9H2,1-5H3,(H,16,17,18). The summed E-state index contributed by atoms with van der Waals surface area (Å²) in [5.41, 5.74) is 0.929. The van der Waals surface area contributed by atoms with Gasteiger partial charge >= 0.3 is 0 Å². The second-order valence-electron chi connectivity index (χ2n) is 5.44. The molecule has 0 bridgehead atoms. The van der Waals surface area contributed by atoms with Crippen molar-refractivity contribution in [3.8, 4) is 0 Å². The van der Waals surface area contributed by atoms with Crippen LogP contribution in [0.4, 0.5) is 5.82 Å². The summed E-state index contributed by atoms with van der Waals surface area (Å²) in [5, 5.41) is 3.92. The van der Waals surface area contributed by atoms with Gasteiger partial charge in [-0.1, -0.05) is 25.4 Å². The average Bonchev–Trinajstić information content (AvgIpc) is 2.33. The van der Waals surface area contributed by atoms with Crippen LogP contribution in [-0.4, -0.2) is 42.1 Å². The van der Waals surface area contributed by atoms with E-state index >= 15 is 0 Å². The highest BCUT2D eigenvalue weighted by Gasteiger charge is 2.11. The lowest BCUT2D eigenvalue weighted by Gasteiger charge is -2.13. The first-order valence-corrected chi connectivity index (χ1v) is 7.22. The zero-order chi connectivity index (χ0) is 14.4. The van der Waals surface area contributed by atoms with Crippen LogP contribution in [0.5, 0.6) is 0 Å². The molecule has 0 aliphatic rings. The van der Waals surface area contributed by atoms with Gasteiger partial charge in [-0.2, -0.15) is 0 Å². The summed E-state index contributed by atoms with van der Waals surface area (Å²) in [6.45, 7) is 8.13. The molecule has 1 aromatic heterocycles. The van der Waals surface area contributed by atoms with Crippen LogP contribution in [-0.2, 0) is 0 Å². The molecule has 0 saturated carbocycles. The Morgan fingerprint density at radius 2 is 1.89 bits per heavy atom. The van der Waals surface area contributed by atoms with Crippen molar-refractivity contribution >= 4 is 17.4 Å². The van der Waals surface area contributed by atoms with Crippen LogP contribution in [0.1, 0.15) is 44.0 Å². The van der Waals surface area contributed by atoms with Crippen molar-refractivity contribution in [1.29, 1.82) is 0 Å². The normalized spacial score (nSPS) is 11.4. The maximum Gasteiger partial charge on any atom is 0.137 e. The molecule has 19 heavy (non-hydrogen) atoms. The van der Waals surface area contributed by atoms with Crippen LogP contribution in [0.3, 0.4) is 0 Å². The fraction of sp³-hybridized carbons (Fsp3) is 0.714. The van der Waals surface area contributed by atoms with Crippen molar-refractivity contribution in [3.05, 3.63) is 16.5 Å². The van der Waals surface area contributed by atoms with Crippen LogP contribution >= 0.6 is 11.6 Å². The minimum absolute atomic E-state index is 0.285. The number of nitrogens with one attached hydrogen (secondary N) is 1. The monoisotopic (exact) mass is 284 g/mol. The Morgan fingerprint density at radius 1 is 1.21 bits per heavy atom. The summed E-state index contributed by atoms with van der Waals surface area (Å²) in [5.74, 6) is 1.95. The van der Waals surface area contributed by atoms with E-state index in [-0.39, 0.29) is 5.92 Å². The summed E-state index contributed by atoms with van der Waals surface area (Å²) >= 11 is 6.15. The average molecular weight is 285 g/mol. The minimum Gasteiger partial charge on any atom is -0.370 e. The van der Waals surface area contributed by atoms with Gasteiger partial charge in [0.25, 0.3) is 0 Å². The molecule has 0 unspecified atom stereocenters. The summed E-state index contributed by atoms with van der Waals surface area (Å²) in [6.07, 6.45) is 2.30. The molecule has 1 N–H and O–H groups in total. The fourth-order valence-electron chi connectivity index (χ4n) is 1.70. The van der Waals surface area contributed by atoms with Crippen molar-refractivity contribution in [2.75, 3.05) is 32.5 Å². The first-order chi connectivity index (χ1) is 8.91. The minimum atomic E-state index is 0.285. The molecule has 5 heteroatoms. The van der Waals surface area contributed by atoms with E-state index in [1.54, 1.807) is 0 Å². The smallest absolute Gasteiger partial charge is 0.137 e. The Kier molecular flexibility index (Phi) is 6.52. The summed E-state index contributed by atoms with van der Waals surface area (Å²) in [7, 11) is 4.19. The zero-order valence-electron chi connectivity index (χ0n) is 12.6. The van der Waals surface area contributed by atoms with Gasteiger partial charge < -0.3 is 10.2 Å². The predicted molar refractivity (Wildman–Crippen MR) is 82.1 cm³/mol. The van der Waals surface area contributed by atoms with Crippen molar-refractivity contribution in [1.82, 2.24) is 14.9 Å². The van der Waals surface area contributed by atoms with Crippen LogP contribution in [0.15, 0.2) is 0 Å². The molecule has 1 heterocycles. The van der Waals surface area contributed by atoms with Gasteiger partial charge in [0.05, 0.1) is 0 Å². The Bertz CT molecular complexity index is 405.